The van der Waals surface area contributed by atoms with E-state index in [-0.39, 0.29) is 25.4 Å². The number of hydrogen-bond donors (Lipinski definition) is 7. The fourth-order valence-corrected chi connectivity index (χ4v) is 5.09. The second-order valence-electron chi connectivity index (χ2n) is 12.1. The molecule has 7 amide bonds. The Bertz CT molecular complexity index is 1350. The summed E-state index contributed by atoms with van der Waals surface area (Å²) in [6, 6.07) is -7.07. The van der Waals surface area contributed by atoms with Crippen LogP contribution in [0.3, 0.4) is 0 Å². The molecular formula is C30H46N8O10. The van der Waals surface area contributed by atoms with Crippen LogP contribution in [-0.4, -0.2) is 130 Å². The number of carbonyl (C=O) groups is 9. The molecule has 0 spiro atoms. The average molecular weight is 679 g/mol. The van der Waals surface area contributed by atoms with Gasteiger partial charge in [0.25, 0.3) is 0 Å². The molecule has 2 aliphatic heterocycles. The van der Waals surface area contributed by atoms with Gasteiger partial charge in [-0.2, -0.15) is 0 Å². The fourth-order valence-electron chi connectivity index (χ4n) is 5.09. The van der Waals surface area contributed by atoms with Gasteiger partial charge in [-0.25, -0.2) is 0 Å². The first kappa shape index (κ1) is 39.1. The van der Waals surface area contributed by atoms with Gasteiger partial charge in [0.1, 0.15) is 42.3 Å². The summed E-state index contributed by atoms with van der Waals surface area (Å²) in [6.45, 7) is 9.82. The molecule has 0 aliphatic carbocycles. The minimum atomic E-state index is -1.25. The van der Waals surface area contributed by atoms with E-state index in [9.17, 15) is 43.2 Å². The van der Waals surface area contributed by atoms with Crippen LogP contribution < -0.4 is 31.9 Å². The molecule has 2 aliphatic rings. The van der Waals surface area contributed by atoms with Crippen molar-refractivity contribution in [2.45, 2.75) is 104 Å². The van der Waals surface area contributed by atoms with Gasteiger partial charge >= 0.3 is 5.97 Å². The number of carbonyl (C=O) groups excluding carboxylic acids is 8. The summed E-state index contributed by atoms with van der Waals surface area (Å²) >= 11 is 0. The quantitative estimate of drug-likeness (QED) is 0.0968. The van der Waals surface area contributed by atoms with Crippen LogP contribution >= 0.6 is 0 Å². The zero-order chi connectivity index (χ0) is 36.5. The summed E-state index contributed by atoms with van der Waals surface area (Å²) in [5, 5.41) is 24.0. The third kappa shape index (κ3) is 11.0. The lowest BCUT2D eigenvalue weighted by Crippen LogP contribution is -2.57. The Kier molecular flexibility index (Phi) is 14.0. The third-order valence-electron chi connectivity index (χ3n) is 7.74. The highest BCUT2D eigenvalue weighted by molar-refractivity contribution is 5.98. The summed E-state index contributed by atoms with van der Waals surface area (Å²) in [5.41, 5.74) is 0.323. The number of carboxylic acids is 1. The molecule has 0 radical (unpaired) electrons. The van der Waals surface area contributed by atoms with E-state index in [4.69, 9.17) is 5.11 Å². The summed E-state index contributed by atoms with van der Waals surface area (Å²) in [5.74, 6) is -5.63. The van der Waals surface area contributed by atoms with E-state index in [1.807, 2.05) is 0 Å². The zero-order valence-corrected chi connectivity index (χ0v) is 28.2. The molecule has 0 aromatic carbocycles. The molecule has 18 heteroatoms. The smallest absolute Gasteiger partial charge is 0.325 e. The molecular weight excluding hydrogens is 632 g/mol. The maximum atomic E-state index is 13.4. The van der Waals surface area contributed by atoms with E-state index in [0.29, 0.717) is 18.5 Å². The van der Waals surface area contributed by atoms with Crippen LogP contribution in [0.5, 0.6) is 0 Å². The van der Waals surface area contributed by atoms with Crippen LogP contribution in [0, 0.1) is 0 Å². The normalized spacial score (nSPS) is 19.7. The number of nitrogens with one attached hydrogen (secondary N) is 6. The maximum Gasteiger partial charge on any atom is 0.325 e. The van der Waals surface area contributed by atoms with E-state index in [1.165, 1.54) is 57.4 Å². The Hall–Kier alpha value is -5.03. The van der Waals surface area contributed by atoms with Crippen LogP contribution in [0.2, 0.25) is 0 Å². The maximum absolute atomic E-state index is 13.4. The summed E-state index contributed by atoms with van der Waals surface area (Å²) in [4.78, 5) is 114. The lowest BCUT2D eigenvalue weighted by atomic mass is 10.1. The second-order valence-corrected chi connectivity index (χ2v) is 12.1. The van der Waals surface area contributed by atoms with Crippen molar-refractivity contribution in [3.8, 4) is 0 Å². The molecule has 0 aromatic rings. The van der Waals surface area contributed by atoms with Gasteiger partial charge < -0.3 is 46.8 Å². The molecule has 7 N–H and O–H groups in total. The number of ketones is 1. The Morgan fingerprint density at radius 1 is 0.708 bits per heavy atom. The molecule has 1 saturated heterocycles. The first-order chi connectivity index (χ1) is 22.3. The van der Waals surface area contributed by atoms with Gasteiger partial charge in [-0.05, 0) is 54.4 Å². The molecule has 0 aromatic heterocycles. The molecule has 18 nitrogen and oxygen atoms in total. The van der Waals surface area contributed by atoms with Crippen LogP contribution in [0.25, 0.3) is 0 Å². The van der Waals surface area contributed by atoms with Crippen molar-refractivity contribution < 1.29 is 48.3 Å². The summed E-state index contributed by atoms with van der Waals surface area (Å²) in [7, 11) is 0. The van der Waals surface area contributed by atoms with Gasteiger partial charge in [-0.15, -0.1) is 0 Å². The van der Waals surface area contributed by atoms with Crippen molar-refractivity contribution in [2.24, 2.45) is 0 Å². The Morgan fingerprint density at radius 3 is 1.75 bits per heavy atom. The lowest BCUT2D eigenvalue weighted by Gasteiger charge is -2.32. The lowest BCUT2D eigenvalue weighted by molar-refractivity contribution is -0.141. The van der Waals surface area contributed by atoms with Gasteiger partial charge in [0.05, 0.1) is 13.1 Å². The van der Waals surface area contributed by atoms with Crippen molar-refractivity contribution in [3.05, 3.63) is 11.8 Å². The highest BCUT2D eigenvalue weighted by Crippen LogP contribution is 2.19. The average Bonchev–Trinajstić information content (AvgIpc) is 3.49. The third-order valence-corrected chi connectivity index (χ3v) is 7.74. The van der Waals surface area contributed by atoms with Gasteiger partial charge in [-0.3, -0.25) is 43.2 Å². The van der Waals surface area contributed by atoms with Crippen molar-refractivity contribution in [1.29, 1.82) is 0 Å². The minimum absolute atomic E-state index is 0.00907. The molecule has 48 heavy (non-hydrogen) atoms. The molecule has 266 valence electrons. The van der Waals surface area contributed by atoms with E-state index in [1.54, 1.807) is 6.92 Å². The number of amides is 7. The topological polar surface area (TPSA) is 253 Å². The SMILES string of the molecule is CC(=O)N[C@@H](C)C(=O)N1CC(=O)C=C(N[C@@H](C)C(=O)N2CCC[C@@H]2C(=O)N[C@@H](C)C(=O)N[C@@H](C)C(=O)N[C@@H](C)C(=O)N[C@@H](C)C(=O)O)C1. The van der Waals surface area contributed by atoms with Crippen LogP contribution in [0.15, 0.2) is 11.8 Å². The molecule has 7 atom stereocenters. The predicted octanol–water partition coefficient (Wildman–Crippen LogP) is -3.12. The number of aliphatic carboxylic acids is 1. The molecule has 0 unspecified atom stereocenters. The molecule has 0 bridgehead atoms. The van der Waals surface area contributed by atoms with Crippen molar-refractivity contribution in [2.75, 3.05) is 19.6 Å². The van der Waals surface area contributed by atoms with E-state index in [2.05, 4.69) is 31.9 Å². The Labute approximate surface area is 278 Å². The first-order valence-corrected chi connectivity index (χ1v) is 15.6. The minimum Gasteiger partial charge on any atom is -0.480 e. The zero-order valence-electron chi connectivity index (χ0n) is 28.2. The standard InChI is InChI=1S/C30H46N8O10/c1-14(24(41)34-15(2)26(43)36-19(6)30(47)48)33-25(42)16(3)35-27(44)23-9-8-10-38(23)29(46)18(5)32-21-11-22(40)13-37(12-21)28(45)17(4)31-20(7)39/h11,14-19,23,32H,8-10,12-13H2,1-7H3,(H,31,39)(H,33,42)(H,34,41)(H,35,44)(H,36,43)(H,47,48)/t14-,15-,16-,17-,18-,19-,23+/m0/s1. The number of rotatable bonds is 14. The molecule has 1 fully saturated rings. The highest BCUT2D eigenvalue weighted by atomic mass is 16.4. The second kappa shape index (κ2) is 17.2. The molecule has 2 heterocycles. The Morgan fingerprint density at radius 2 is 1.23 bits per heavy atom. The van der Waals surface area contributed by atoms with E-state index in [0.717, 1.165) is 0 Å². The van der Waals surface area contributed by atoms with Crippen molar-refractivity contribution >= 4 is 53.1 Å². The molecule has 2 rings (SSSR count). The largest absolute Gasteiger partial charge is 0.480 e. The summed E-state index contributed by atoms with van der Waals surface area (Å²) < 4.78 is 0. The molecule has 0 saturated carbocycles. The predicted molar refractivity (Wildman–Crippen MR) is 168 cm³/mol. The summed E-state index contributed by atoms with van der Waals surface area (Å²) in [6.07, 6.45) is 2.17. The van der Waals surface area contributed by atoms with E-state index < -0.39 is 89.6 Å². The fraction of sp³-hybridized carbons (Fsp3) is 0.633. The number of hydrogen-bond acceptors (Lipinski definition) is 10. The van der Waals surface area contributed by atoms with Gasteiger partial charge in [0.15, 0.2) is 5.78 Å². The van der Waals surface area contributed by atoms with Gasteiger partial charge in [0, 0.05) is 25.2 Å². The van der Waals surface area contributed by atoms with Crippen LogP contribution in [-0.2, 0) is 43.2 Å². The van der Waals surface area contributed by atoms with Crippen LogP contribution in [0.1, 0.15) is 61.3 Å². The number of nitrogens with zero attached hydrogens (tertiary/aromatic N) is 2. The first-order valence-electron chi connectivity index (χ1n) is 15.6. The van der Waals surface area contributed by atoms with Gasteiger partial charge in [0.2, 0.25) is 41.4 Å². The van der Waals surface area contributed by atoms with E-state index >= 15 is 0 Å². The monoisotopic (exact) mass is 678 g/mol. The Balaban J connectivity index is 1.93. The van der Waals surface area contributed by atoms with Crippen molar-refractivity contribution in [1.82, 2.24) is 41.7 Å². The van der Waals surface area contributed by atoms with Crippen molar-refractivity contribution in [3.63, 3.8) is 0 Å². The number of likely N-dealkylation sites (tertiary alicyclic amines) is 1. The number of carboxylic acid groups (broad SMARTS) is 1. The highest BCUT2D eigenvalue weighted by Gasteiger charge is 2.38. The van der Waals surface area contributed by atoms with Gasteiger partial charge in [-0.1, -0.05) is 0 Å². The van der Waals surface area contributed by atoms with Crippen LogP contribution in [0.4, 0.5) is 0 Å².